The minimum atomic E-state index is -0.849. The lowest BCUT2D eigenvalue weighted by atomic mass is 10.2. The molecular formula is C11H11Cl2NO4. The van der Waals surface area contributed by atoms with Crippen molar-refractivity contribution in [2.45, 2.75) is 13.8 Å². The summed E-state index contributed by atoms with van der Waals surface area (Å²) in [5, 5.41) is 10.1. The molecule has 1 aromatic carbocycles. The highest BCUT2D eigenvalue weighted by atomic mass is 35.5. The van der Waals surface area contributed by atoms with Crippen LogP contribution in [0.5, 0.6) is 5.75 Å². The molecule has 0 spiro atoms. The van der Waals surface area contributed by atoms with E-state index in [4.69, 9.17) is 27.9 Å². The Labute approximate surface area is 114 Å². The second kappa shape index (κ2) is 6.02. The van der Waals surface area contributed by atoms with E-state index in [-0.39, 0.29) is 27.9 Å². The molecule has 0 aliphatic rings. The zero-order valence-corrected chi connectivity index (χ0v) is 11.3. The maximum Gasteiger partial charge on any atom is 0.311 e. The Morgan fingerprint density at radius 2 is 2.11 bits per heavy atom. The zero-order chi connectivity index (χ0) is 13.9. The first-order valence-corrected chi connectivity index (χ1v) is 5.89. The summed E-state index contributed by atoms with van der Waals surface area (Å²) in [6.45, 7) is 4.12. The van der Waals surface area contributed by atoms with Crippen molar-refractivity contribution in [1.29, 1.82) is 0 Å². The molecule has 0 bridgehead atoms. The molecule has 0 fully saturated rings. The van der Waals surface area contributed by atoms with E-state index in [1.54, 1.807) is 0 Å². The van der Waals surface area contributed by atoms with E-state index in [9.17, 15) is 14.9 Å². The van der Waals surface area contributed by atoms with E-state index in [2.05, 4.69) is 0 Å². The molecule has 0 amide bonds. The van der Waals surface area contributed by atoms with Gasteiger partial charge in [0.2, 0.25) is 0 Å². The quantitative estimate of drug-likeness (QED) is 0.471. The molecule has 0 radical (unpaired) electrons. The summed E-state index contributed by atoms with van der Waals surface area (Å²) in [6, 6.07) is 2.25. The second-order valence-corrected chi connectivity index (χ2v) is 4.79. The first-order chi connectivity index (χ1) is 8.32. The lowest BCUT2D eigenvalue weighted by molar-refractivity contribution is -0.385. The summed E-state index contributed by atoms with van der Waals surface area (Å²) in [4.78, 5) is 21.3. The van der Waals surface area contributed by atoms with Crippen LogP contribution in [-0.2, 0) is 0 Å². The highest BCUT2D eigenvalue weighted by Gasteiger charge is 2.21. The Kier molecular flexibility index (Phi) is 4.93. The summed E-state index contributed by atoms with van der Waals surface area (Å²) < 4.78 is 5.29. The molecule has 0 saturated carbocycles. The normalized spacial score (nSPS) is 10.5. The molecular weight excluding hydrogens is 281 g/mol. The molecule has 0 aliphatic carbocycles. The van der Waals surface area contributed by atoms with Gasteiger partial charge in [0.15, 0.2) is 5.75 Å². The van der Waals surface area contributed by atoms with Gasteiger partial charge in [0.25, 0.3) is 5.24 Å². The summed E-state index contributed by atoms with van der Waals surface area (Å²) in [5.41, 5.74) is -0.439. The Morgan fingerprint density at radius 3 is 2.56 bits per heavy atom. The zero-order valence-electron chi connectivity index (χ0n) is 9.78. The van der Waals surface area contributed by atoms with Crippen LogP contribution >= 0.6 is 23.2 Å². The smallest absolute Gasteiger partial charge is 0.311 e. The van der Waals surface area contributed by atoms with Gasteiger partial charge in [-0.3, -0.25) is 14.9 Å². The van der Waals surface area contributed by atoms with Crippen molar-refractivity contribution in [3.8, 4) is 5.75 Å². The lowest BCUT2D eigenvalue weighted by Gasteiger charge is -2.10. The van der Waals surface area contributed by atoms with Crippen LogP contribution in [-0.4, -0.2) is 16.8 Å². The van der Waals surface area contributed by atoms with Crippen molar-refractivity contribution >= 4 is 34.1 Å². The van der Waals surface area contributed by atoms with Gasteiger partial charge >= 0.3 is 5.69 Å². The fourth-order valence-electron chi connectivity index (χ4n) is 1.21. The molecule has 7 heteroatoms. The lowest BCUT2D eigenvalue weighted by Crippen LogP contribution is -2.07. The maximum absolute atomic E-state index is 11.0. The van der Waals surface area contributed by atoms with Crippen molar-refractivity contribution in [2.75, 3.05) is 6.61 Å². The van der Waals surface area contributed by atoms with Crippen LogP contribution in [0.1, 0.15) is 24.2 Å². The van der Waals surface area contributed by atoms with Crippen LogP contribution in [0.25, 0.3) is 0 Å². The maximum atomic E-state index is 11.0. The van der Waals surface area contributed by atoms with Gasteiger partial charge in [0.05, 0.1) is 22.1 Å². The van der Waals surface area contributed by atoms with E-state index >= 15 is 0 Å². The largest absolute Gasteiger partial charge is 0.487 e. The Hall–Kier alpha value is -1.33. The average molecular weight is 292 g/mol. The van der Waals surface area contributed by atoms with Crippen LogP contribution in [0.3, 0.4) is 0 Å². The van der Waals surface area contributed by atoms with Crippen LogP contribution in [0.15, 0.2) is 12.1 Å². The van der Waals surface area contributed by atoms with Crippen LogP contribution in [0, 0.1) is 16.0 Å². The van der Waals surface area contributed by atoms with Crippen LogP contribution in [0.2, 0.25) is 5.02 Å². The number of hydrogen-bond donors (Lipinski definition) is 0. The molecule has 1 aromatic rings. The number of ether oxygens (including phenoxy) is 1. The molecule has 5 nitrogen and oxygen atoms in total. The fraction of sp³-hybridized carbons (Fsp3) is 0.364. The van der Waals surface area contributed by atoms with Gasteiger partial charge in [-0.1, -0.05) is 25.4 Å². The number of nitro benzene ring substituents is 1. The molecule has 0 aliphatic heterocycles. The minimum absolute atomic E-state index is 0.0272. The fourth-order valence-corrected chi connectivity index (χ4v) is 1.65. The van der Waals surface area contributed by atoms with Crippen molar-refractivity contribution in [2.24, 2.45) is 5.92 Å². The van der Waals surface area contributed by atoms with E-state index in [0.29, 0.717) is 6.61 Å². The predicted octanol–water partition coefficient (Wildman–Crippen LogP) is 3.66. The molecule has 1 rings (SSSR count). The van der Waals surface area contributed by atoms with Crippen molar-refractivity contribution in [3.63, 3.8) is 0 Å². The Balaban J connectivity index is 3.20. The number of carbonyl (C=O) groups is 1. The van der Waals surface area contributed by atoms with Crippen molar-refractivity contribution in [3.05, 3.63) is 32.8 Å². The SMILES string of the molecule is CC(C)COc1cc(Cl)c(C(=O)Cl)cc1[N+](=O)[O-]. The molecule has 98 valence electrons. The van der Waals surface area contributed by atoms with Crippen LogP contribution in [0.4, 0.5) is 5.69 Å². The monoisotopic (exact) mass is 291 g/mol. The molecule has 18 heavy (non-hydrogen) atoms. The minimum Gasteiger partial charge on any atom is -0.487 e. The standard InChI is InChI=1S/C11H11Cl2NO4/c1-6(2)5-18-10-4-8(12)7(11(13)15)3-9(10)14(16)17/h3-4,6H,5H2,1-2H3. The number of benzene rings is 1. The summed E-state index contributed by atoms with van der Waals surface area (Å²) in [6.07, 6.45) is 0. The van der Waals surface area contributed by atoms with E-state index in [1.807, 2.05) is 13.8 Å². The van der Waals surface area contributed by atoms with E-state index in [1.165, 1.54) is 6.07 Å². The second-order valence-electron chi connectivity index (χ2n) is 4.04. The first-order valence-electron chi connectivity index (χ1n) is 5.13. The molecule has 0 unspecified atom stereocenters. The summed E-state index contributed by atoms with van der Waals surface area (Å²) in [7, 11) is 0. The van der Waals surface area contributed by atoms with Gasteiger partial charge in [-0.25, -0.2) is 0 Å². The van der Waals surface area contributed by atoms with Crippen LogP contribution < -0.4 is 4.74 Å². The van der Waals surface area contributed by atoms with Gasteiger partial charge in [-0.2, -0.15) is 0 Å². The third-order valence-electron chi connectivity index (χ3n) is 2.03. The molecule has 0 heterocycles. The average Bonchev–Trinajstić information content (AvgIpc) is 2.25. The molecule has 0 N–H and O–H groups in total. The number of carbonyl (C=O) groups excluding carboxylic acids is 1. The van der Waals surface area contributed by atoms with Crippen molar-refractivity contribution < 1.29 is 14.5 Å². The number of halogens is 2. The van der Waals surface area contributed by atoms with Gasteiger partial charge in [-0.05, 0) is 17.5 Å². The van der Waals surface area contributed by atoms with Gasteiger partial charge in [0.1, 0.15) is 0 Å². The Bertz CT molecular complexity index is 488. The van der Waals surface area contributed by atoms with E-state index < -0.39 is 10.2 Å². The molecule has 0 aromatic heterocycles. The van der Waals surface area contributed by atoms with Gasteiger partial charge < -0.3 is 4.74 Å². The third-order valence-corrected chi connectivity index (χ3v) is 2.55. The van der Waals surface area contributed by atoms with E-state index in [0.717, 1.165) is 6.07 Å². The Morgan fingerprint density at radius 1 is 1.50 bits per heavy atom. The summed E-state index contributed by atoms with van der Waals surface area (Å²) >= 11 is 11.1. The highest BCUT2D eigenvalue weighted by molar-refractivity contribution is 6.68. The molecule has 0 atom stereocenters. The predicted molar refractivity (Wildman–Crippen MR) is 68.6 cm³/mol. The number of nitrogens with zero attached hydrogens (tertiary/aromatic N) is 1. The van der Waals surface area contributed by atoms with Crippen molar-refractivity contribution in [1.82, 2.24) is 0 Å². The highest BCUT2D eigenvalue weighted by Crippen LogP contribution is 2.34. The number of rotatable bonds is 5. The number of nitro groups is 1. The topological polar surface area (TPSA) is 69.4 Å². The summed E-state index contributed by atoms with van der Waals surface area (Å²) in [5.74, 6) is 0.234. The third kappa shape index (κ3) is 3.58. The molecule has 0 saturated heterocycles. The number of hydrogen-bond acceptors (Lipinski definition) is 4. The van der Waals surface area contributed by atoms with Gasteiger partial charge in [-0.15, -0.1) is 0 Å². The van der Waals surface area contributed by atoms with Gasteiger partial charge in [0, 0.05) is 12.1 Å². The first kappa shape index (κ1) is 14.7.